The Hall–Kier alpha value is -2.64. The van der Waals surface area contributed by atoms with Crippen molar-refractivity contribution in [2.24, 2.45) is 0 Å². The second-order valence-electron chi connectivity index (χ2n) is 3.82. The first-order valence-corrected chi connectivity index (χ1v) is 5.33. The average molecular weight is 267 g/mol. The Morgan fingerprint density at radius 3 is 2.47 bits per heavy atom. The minimum Gasteiger partial charge on any atom is -0.481 e. The fourth-order valence-electron chi connectivity index (χ4n) is 1.33. The van der Waals surface area contributed by atoms with E-state index in [2.05, 4.69) is 10.3 Å². The summed E-state index contributed by atoms with van der Waals surface area (Å²) < 4.78 is 0. The summed E-state index contributed by atoms with van der Waals surface area (Å²) in [6.07, 6.45) is 0.536. The van der Waals surface area contributed by atoms with Crippen LogP contribution in [0.1, 0.15) is 12.1 Å². The van der Waals surface area contributed by atoms with E-state index in [1.54, 1.807) is 6.07 Å². The average Bonchev–Trinajstić information content (AvgIpc) is 2.30. The van der Waals surface area contributed by atoms with E-state index >= 15 is 0 Å². The molecule has 1 rings (SSSR count). The number of nitrogen functional groups attached to an aromatic ring is 1. The fraction of sp³-hybridized carbons (Fsp3) is 0.273. The van der Waals surface area contributed by atoms with Crippen LogP contribution >= 0.6 is 0 Å². The van der Waals surface area contributed by atoms with Gasteiger partial charge in [0.2, 0.25) is 5.91 Å². The molecule has 0 saturated carbocycles. The number of aliphatic carboxylic acids is 2. The Labute approximate surface area is 108 Å². The van der Waals surface area contributed by atoms with Gasteiger partial charge < -0.3 is 21.3 Å². The Morgan fingerprint density at radius 2 is 2.00 bits per heavy atom. The summed E-state index contributed by atoms with van der Waals surface area (Å²) in [6, 6.07) is 1.63. The van der Waals surface area contributed by atoms with Crippen molar-refractivity contribution >= 4 is 23.5 Å². The monoisotopic (exact) mass is 267 g/mol. The molecule has 8 heteroatoms. The molecule has 1 atom stereocenters. The molecule has 1 unspecified atom stereocenters. The number of carboxylic acids is 2. The zero-order valence-electron chi connectivity index (χ0n) is 9.87. The molecule has 0 aliphatic carbocycles. The third-order valence-corrected chi connectivity index (χ3v) is 2.20. The van der Waals surface area contributed by atoms with E-state index in [4.69, 9.17) is 15.9 Å². The van der Waals surface area contributed by atoms with E-state index in [9.17, 15) is 14.4 Å². The number of nitrogens with one attached hydrogen (secondary N) is 1. The predicted molar refractivity (Wildman–Crippen MR) is 64.2 cm³/mol. The van der Waals surface area contributed by atoms with Gasteiger partial charge in [0.1, 0.15) is 6.04 Å². The first kappa shape index (κ1) is 14.4. The van der Waals surface area contributed by atoms with E-state index in [0.29, 0.717) is 11.4 Å². The first-order chi connectivity index (χ1) is 8.88. The molecule has 0 fully saturated rings. The van der Waals surface area contributed by atoms with Gasteiger partial charge in [-0.15, -0.1) is 0 Å². The van der Waals surface area contributed by atoms with Crippen LogP contribution < -0.4 is 11.1 Å². The minimum absolute atomic E-state index is 0.149. The molecule has 0 bridgehead atoms. The second-order valence-corrected chi connectivity index (χ2v) is 3.82. The highest BCUT2D eigenvalue weighted by atomic mass is 16.4. The molecule has 0 spiro atoms. The molecule has 0 radical (unpaired) electrons. The highest BCUT2D eigenvalue weighted by molar-refractivity contribution is 5.87. The van der Waals surface area contributed by atoms with Crippen LogP contribution in [0.5, 0.6) is 0 Å². The van der Waals surface area contributed by atoms with Crippen LogP contribution in [-0.2, 0) is 20.8 Å². The van der Waals surface area contributed by atoms with Crippen LogP contribution in [0, 0.1) is 0 Å². The third kappa shape index (κ3) is 5.02. The molecule has 8 nitrogen and oxygen atoms in total. The number of pyridine rings is 1. The first-order valence-electron chi connectivity index (χ1n) is 5.33. The van der Waals surface area contributed by atoms with Crippen LogP contribution in [0.25, 0.3) is 0 Å². The molecule has 19 heavy (non-hydrogen) atoms. The Kier molecular flexibility index (Phi) is 4.81. The summed E-state index contributed by atoms with van der Waals surface area (Å²) in [5.74, 6) is -3.33. The summed E-state index contributed by atoms with van der Waals surface area (Å²) in [6.45, 7) is 0. The number of rotatable bonds is 6. The van der Waals surface area contributed by atoms with Gasteiger partial charge in [-0.25, -0.2) is 4.79 Å². The zero-order valence-corrected chi connectivity index (χ0v) is 9.87. The number of carbonyl (C=O) groups excluding carboxylic acids is 1. The normalized spacial score (nSPS) is 11.6. The molecular formula is C11H13N3O5. The topological polar surface area (TPSA) is 143 Å². The smallest absolute Gasteiger partial charge is 0.326 e. The lowest BCUT2D eigenvalue weighted by atomic mass is 10.2. The number of carboxylic acid groups (broad SMARTS) is 2. The van der Waals surface area contributed by atoms with Crippen LogP contribution in [0.4, 0.5) is 5.69 Å². The molecule has 0 aromatic carbocycles. The largest absolute Gasteiger partial charge is 0.481 e. The van der Waals surface area contributed by atoms with Crippen molar-refractivity contribution in [2.75, 3.05) is 5.73 Å². The molecule has 1 heterocycles. The maximum absolute atomic E-state index is 11.6. The van der Waals surface area contributed by atoms with Crippen LogP contribution in [0.15, 0.2) is 18.3 Å². The maximum Gasteiger partial charge on any atom is 0.326 e. The molecular weight excluding hydrogens is 254 g/mol. The van der Waals surface area contributed by atoms with Gasteiger partial charge in [0, 0.05) is 5.69 Å². The maximum atomic E-state index is 11.6. The van der Waals surface area contributed by atoms with E-state index < -0.39 is 30.3 Å². The summed E-state index contributed by atoms with van der Waals surface area (Å²) in [5, 5.41) is 19.4. The van der Waals surface area contributed by atoms with Crippen molar-refractivity contribution in [2.45, 2.75) is 18.9 Å². The molecule has 1 aromatic heterocycles. The zero-order chi connectivity index (χ0) is 14.4. The summed E-state index contributed by atoms with van der Waals surface area (Å²) in [4.78, 5) is 36.6. The lowest BCUT2D eigenvalue weighted by molar-refractivity contribution is -0.147. The van der Waals surface area contributed by atoms with Crippen molar-refractivity contribution in [3.8, 4) is 0 Å². The molecule has 5 N–H and O–H groups in total. The predicted octanol–water partition coefficient (Wildman–Crippen LogP) is -0.750. The third-order valence-electron chi connectivity index (χ3n) is 2.20. The molecule has 0 saturated heterocycles. The standard InChI is InChI=1S/C11H13N3O5/c12-6-1-2-7(13-5-6)3-9(15)14-8(11(18)19)4-10(16)17/h1-2,5,8H,3-4,12H2,(H,14,15)(H,16,17)(H,18,19). The molecule has 102 valence electrons. The Bertz CT molecular complexity index is 486. The number of amides is 1. The van der Waals surface area contributed by atoms with Crippen LogP contribution in [0.2, 0.25) is 0 Å². The second kappa shape index (κ2) is 6.34. The fourth-order valence-corrected chi connectivity index (χ4v) is 1.33. The Balaban J connectivity index is 2.59. The van der Waals surface area contributed by atoms with Gasteiger partial charge >= 0.3 is 11.9 Å². The molecule has 1 amide bonds. The summed E-state index contributed by atoms with van der Waals surface area (Å²) >= 11 is 0. The Morgan fingerprint density at radius 1 is 1.32 bits per heavy atom. The van der Waals surface area contributed by atoms with Gasteiger partial charge in [-0.05, 0) is 12.1 Å². The summed E-state index contributed by atoms with van der Waals surface area (Å²) in [7, 11) is 0. The van der Waals surface area contributed by atoms with Gasteiger partial charge in [-0.1, -0.05) is 0 Å². The van der Waals surface area contributed by atoms with Crippen molar-refractivity contribution in [3.63, 3.8) is 0 Å². The van der Waals surface area contributed by atoms with Crippen LogP contribution in [0.3, 0.4) is 0 Å². The van der Waals surface area contributed by atoms with Gasteiger partial charge in [-0.3, -0.25) is 14.6 Å². The van der Waals surface area contributed by atoms with Crippen molar-refractivity contribution in [1.82, 2.24) is 10.3 Å². The van der Waals surface area contributed by atoms with Gasteiger partial charge in [0.05, 0.1) is 24.7 Å². The number of carbonyl (C=O) groups is 3. The number of nitrogens with zero attached hydrogens (tertiary/aromatic N) is 1. The SMILES string of the molecule is Nc1ccc(CC(=O)NC(CC(=O)O)C(=O)O)nc1. The molecule has 0 aliphatic rings. The molecule has 0 aliphatic heterocycles. The van der Waals surface area contributed by atoms with Crippen molar-refractivity contribution in [1.29, 1.82) is 0 Å². The summed E-state index contributed by atoms with van der Waals surface area (Å²) in [5.41, 5.74) is 6.28. The van der Waals surface area contributed by atoms with Crippen molar-refractivity contribution in [3.05, 3.63) is 24.0 Å². The highest BCUT2D eigenvalue weighted by Crippen LogP contribution is 2.02. The van der Waals surface area contributed by atoms with Gasteiger partial charge in [0.25, 0.3) is 0 Å². The van der Waals surface area contributed by atoms with E-state index in [1.807, 2.05) is 0 Å². The highest BCUT2D eigenvalue weighted by Gasteiger charge is 2.23. The number of hydrogen-bond acceptors (Lipinski definition) is 5. The number of nitrogens with two attached hydrogens (primary N) is 1. The lowest BCUT2D eigenvalue weighted by Gasteiger charge is -2.12. The quantitative estimate of drug-likeness (QED) is 0.531. The van der Waals surface area contributed by atoms with E-state index in [0.717, 1.165) is 0 Å². The lowest BCUT2D eigenvalue weighted by Crippen LogP contribution is -2.42. The number of aromatic nitrogens is 1. The molecule has 1 aromatic rings. The van der Waals surface area contributed by atoms with Gasteiger partial charge in [0.15, 0.2) is 0 Å². The van der Waals surface area contributed by atoms with Gasteiger partial charge in [-0.2, -0.15) is 0 Å². The van der Waals surface area contributed by atoms with E-state index in [1.165, 1.54) is 12.3 Å². The van der Waals surface area contributed by atoms with Crippen LogP contribution in [-0.4, -0.2) is 39.1 Å². The number of anilines is 1. The number of hydrogen-bond donors (Lipinski definition) is 4. The van der Waals surface area contributed by atoms with E-state index in [-0.39, 0.29) is 6.42 Å². The van der Waals surface area contributed by atoms with Crippen molar-refractivity contribution < 1.29 is 24.6 Å². The minimum atomic E-state index is -1.46.